The highest BCUT2D eigenvalue weighted by Gasteiger charge is 2.35. The molecule has 132 valence electrons. The number of aryl methyl sites for hydroxylation is 1. The van der Waals surface area contributed by atoms with Crippen LogP contribution in [-0.2, 0) is 11.3 Å². The smallest absolute Gasteiger partial charge is 0.328 e. The Hall–Kier alpha value is -2.67. The molecule has 3 rings (SSSR count). The van der Waals surface area contributed by atoms with E-state index in [1.165, 1.54) is 16.8 Å². The number of rotatable bonds is 6. The number of aliphatic hydroxyl groups excluding tert-OH is 1. The third kappa shape index (κ3) is 4.24. The van der Waals surface area contributed by atoms with Gasteiger partial charge in [0.2, 0.25) is 5.91 Å². The first-order valence-corrected chi connectivity index (χ1v) is 8.35. The second kappa shape index (κ2) is 7.48. The van der Waals surface area contributed by atoms with Crippen LogP contribution in [0.1, 0.15) is 30.9 Å². The van der Waals surface area contributed by atoms with Crippen molar-refractivity contribution in [2.45, 2.75) is 38.0 Å². The molecule has 25 heavy (non-hydrogen) atoms. The topological polar surface area (TPSA) is 104 Å². The first kappa shape index (κ1) is 17.2. The molecule has 7 heteroatoms. The standard InChI is InChI=1S/C18H21N3O4/c22-14-10-13(11-14)17(12-4-2-1-3-5-12)19-15(23)6-8-21-9-7-16(24)20-18(21)25/h1-5,7,9,13-14,17,22H,6,8,10-11H2,(H,19,23)(H,20,24,25). The van der Waals surface area contributed by atoms with Crippen LogP contribution >= 0.6 is 0 Å². The van der Waals surface area contributed by atoms with E-state index >= 15 is 0 Å². The quantitative estimate of drug-likeness (QED) is 0.713. The molecule has 1 aromatic carbocycles. The number of hydrogen-bond donors (Lipinski definition) is 3. The lowest BCUT2D eigenvalue weighted by Gasteiger charge is -2.38. The van der Waals surface area contributed by atoms with E-state index in [2.05, 4.69) is 10.3 Å². The Morgan fingerprint density at radius 2 is 1.96 bits per heavy atom. The van der Waals surface area contributed by atoms with Crippen LogP contribution in [0.3, 0.4) is 0 Å². The molecule has 1 aromatic heterocycles. The molecule has 0 aliphatic heterocycles. The zero-order chi connectivity index (χ0) is 17.8. The Bertz CT molecular complexity index is 837. The van der Waals surface area contributed by atoms with Crippen molar-refractivity contribution in [3.63, 3.8) is 0 Å². The minimum absolute atomic E-state index is 0.130. The maximum atomic E-state index is 12.3. The van der Waals surface area contributed by atoms with Crippen molar-refractivity contribution < 1.29 is 9.90 Å². The Kier molecular flexibility index (Phi) is 5.14. The van der Waals surface area contributed by atoms with Gasteiger partial charge in [0.1, 0.15) is 0 Å². The summed E-state index contributed by atoms with van der Waals surface area (Å²) in [5, 5.41) is 12.6. The fraction of sp³-hybridized carbons (Fsp3) is 0.389. The normalized spacial score (nSPS) is 20.5. The molecule has 1 fully saturated rings. The molecule has 1 heterocycles. The van der Waals surface area contributed by atoms with Crippen LogP contribution in [0.15, 0.2) is 52.2 Å². The number of nitrogens with one attached hydrogen (secondary N) is 2. The summed E-state index contributed by atoms with van der Waals surface area (Å²) in [5.74, 6) is 0.0329. The van der Waals surface area contributed by atoms with Crippen LogP contribution in [0.2, 0.25) is 0 Å². The van der Waals surface area contributed by atoms with Crippen molar-refractivity contribution in [3.8, 4) is 0 Å². The van der Waals surface area contributed by atoms with Crippen LogP contribution < -0.4 is 16.6 Å². The van der Waals surface area contributed by atoms with E-state index in [0.29, 0.717) is 12.8 Å². The van der Waals surface area contributed by atoms with Gasteiger partial charge in [-0.25, -0.2) is 4.79 Å². The van der Waals surface area contributed by atoms with Crippen molar-refractivity contribution >= 4 is 5.91 Å². The average molecular weight is 343 g/mol. The summed E-state index contributed by atoms with van der Waals surface area (Å²) in [6.45, 7) is 0.191. The highest BCUT2D eigenvalue weighted by molar-refractivity contribution is 5.76. The maximum Gasteiger partial charge on any atom is 0.328 e. The first-order valence-electron chi connectivity index (χ1n) is 8.35. The molecule has 1 atom stereocenters. The molecule has 1 aliphatic rings. The highest BCUT2D eigenvalue weighted by Crippen LogP contribution is 2.38. The van der Waals surface area contributed by atoms with Gasteiger partial charge in [-0.3, -0.25) is 14.6 Å². The molecular weight excluding hydrogens is 322 g/mol. The largest absolute Gasteiger partial charge is 0.393 e. The third-order valence-electron chi connectivity index (χ3n) is 4.57. The summed E-state index contributed by atoms with van der Waals surface area (Å²) in [7, 11) is 0. The van der Waals surface area contributed by atoms with Gasteiger partial charge in [0, 0.05) is 25.2 Å². The number of aromatic nitrogens is 2. The number of H-pyrrole nitrogens is 1. The number of carbonyl (C=O) groups is 1. The van der Waals surface area contributed by atoms with Crippen molar-refractivity contribution in [1.29, 1.82) is 0 Å². The van der Waals surface area contributed by atoms with Crippen molar-refractivity contribution in [2.24, 2.45) is 5.92 Å². The lowest BCUT2D eigenvalue weighted by atomic mass is 9.75. The Morgan fingerprint density at radius 1 is 1.24 bits per heavy atom. The van der Waals surface area contributed by atoms with E-state index in [-0.39, 0.29) is 36.9 Å². The van der Waals surface area contributed by atoms with Gasteiger partial charge >= 0.3 is 5.69 Å². The fourth-order valence-corrected chi connectivity index (χ4v) is 3.12. The molecule has 0 bridgehead atoms. The second-order valence-electron chi connectivity index (χ2n) is 6.39. The van der Waals surface area contributed by atoms with Gasteiger partial charge in [0.05, 0.1) is 12.1 Å². The molecule has 1 saturated carbocycles. The molecule has 3 N–H and O–H groups in total. The lowest BCUT2D eigenvalue weighted by molar-refractivity contribution is -0.123. The molecule has 7 nitrogen and oxygen atoms in total. The van der Waals surface area contributed by atoms with E-state index in [1.807, 2.05) is 30.3 Å². The summed E-state index contributed by atoms with van der Waals surface area (Å²) in [6, 6.07) is 10.8. The zero-order valence-electron chi connectivity index (χ0n) is 13.7. The van der Waals surface area contributed by atoms with Crippen molar-refractivity contribution in [2.75, 3.05) is 0 Å². The minimum atomic E-state index is -0.526. The predicted molar refractivity (Wildman–Crippen MR) is 92.0 cm³/mol. The number of nitrogens with zero attached hydrogens (tertiary/aromatic N) is 1. The summed E-state index contributed by atoms with van der Waals surface area (Å²) >= 11 is 0. The van der Waals surface area contributed by atoms with Crippen LogP contribution in [0.5, 0.6) is 0 Å². The summed E-state index contributed by atoms with van der Waals surface area (Å²) in [4.78, 5) is 37.2. The van der Waals surface area contributed by atoms with Crippen LogP contribution in [0.25, 0.3) is 0 Å². The van der Waals surface area contributed by atoms with E-state index in [1.54, 1.807) is 0 Å². The number of hydrogen-bond acceptors (Lipinski definition) is 4. The van der Waals surface area contributed by atoms with E-state index in [0.717, 1.165) is 5.56 Å². The third-order valence-corrected chi connectivity index (χ3v) is 4.57. The van der Waals surface area contributed by atoms with Crippen LogP contribution in [-0.4, -0.2) is 26.7 Å². The summed E-state index contributed by atoms with van der Waals surface area (Å²) in [6.07, 6.45) is 2.54. The molecule has 0 spiro atoms. The van der Waals surface area contributed by atoms with E-state index < -0.39 is 11.2 Å². The molecule has 1 amide bonds. The van der Waals surface area contributed by atoms with Crippen LogP contribution in [0.4, 0.5) is 0 Å². The number of aliphatic hydroxyl groups is 1. The molecule has 1 aliphatic carbocycles. The maximum absolute atomic E-state index is 12.3. The second-order valence-corrected chi connectivity index (χ2v) is 6.39. The van der Waals surface area contributed by atoms with Gasteiger partial charge in [0.15, 0.2) is 0 Å². The molecular formula is C18H21N3O4. The minimum Gasteiger partial charge on any atom is -0.393 e. The van der Waals surface area contributed by atoms with Crippen LogP contribution in [0, 0.1) is 5.92 Å². The van der Waals surface area contributed by atoms with Crippen molar-refractivity contribution in [3.05, 3.63) is 69.0 Å². The van der Waals surface area contributed by atoms with Gasteiger partial charge in [-0.2, -0.15) is 0 Å². The van der Waals surface area contributed by atoms with E-state index in [4.69, 9.17) is 0 Å². The molecule has 0 radical (unpaired) electrons. The van der Waals surface area contributed by atoms with E-state index in [9.17, 15) is 19.5 Å². The van der Waals surface area contributed by atoms with Gasteiger partial charge < -0.3 is 15.0 Å². The Balaban J connectivity index is 1.64. The number of carbonyl (C=O) groups excluding carboxylic acids is 1. The summed E-state index contributed by atoms with van der Waals surface area (Å²) < 4.78 is 1.30. The van der Waals surface area contributed by atoms with Gasteiger partial charge in [-0.15, -0.1) is 0 Å². The monoisotopic (exact) mass is 343 g/mol. The zero-order valence-corrected chi connectivity index (χ0v) is 13.7. The molecule has 1 unspecified atom stereocenters. The van der Waals surface area contributed by atoms with Gasteiger partial charge in [-0.05, 0) is 24.3 Å². The number of amides is 1. The van der Waals surface area contributed by atoms with Gasteiger partial charge in [0.25, 0.3) is 5.56 Å². The first-order chi connectivity index (χ1) is 12.0. The number of aromatic amines is 1. The average Bonchev–Trinajstić information content (AvgIpc) is 2.57. The van der Waals surface area contributed by atoms with Gasteiger partial charge in [-0.1, -0.05) is 30.3 Å². The Morgan fingerprint density at radius 3 is 2.60 bits per heavy atom. The predicted octanol–water partition coefficient (Wildman–Crippen LogP) is 0.555. The SMILES string of the molecule is O=C(CCn1ccc(=O)[nH]c1=O)NC(c1ccccc1)C1CC(O)C1. The molecule has 2 aromatic rings. The summed E-state index contributed by atoms with van der Waals surface area (Å²) in [5.41, 5.74) is 0.0226. The van der Waals surface area contributed by atoms with Crippen molar-refractivity contribution in [1.82, 2.24) is 14.9 Å². The molecule has 0 saturated heterocycles. The fourth-order valence-electron chi connectivity index (χ4n) is 3.12. The number of benzene rings is 1. The highest BCUT2D eigenvalue weighted by atomic mass is 16.3. The Labute approximate surface area is 144 Å². The lowest BCUT2D eigenvalue weighted by Crippen LogP contribution is -2.41.